The van der Waals surface area contributed by atoms with E-state index in [1.807, 2.05) is 25.1 Å². The summed E-state index contributed by atoms with van der Waals surface area (Å²) in [6.45, 7) is 1.94. The van der Waals surface area contributed by atoms with Gasteiger partial charge in [0.1, 0.15) is 11.5 Å². The van der Waals surface area contributed by atoms with Crippen LogP contribution in [0.3, 0.4) is 0 Å². The van der Waals surface area contributed by atoms with Crippen molar-refractivity contribution in [1.82, 2.24) is 0 Å². The van der Waals surface area contributed by atoms with Crippen molar-refractivity contribution in [3.63, 3.8) is 0 Å². The lowest BCUT2D eigenvalue weighted by Gasteiger charge is -2.08. The molecule has 0 saturated carbocycles. The average molecular weight is 269 g/mol. The van der Waals surface area contributed by atoms with Crippen molar-refractivity contribution >= 4 is 11.5 Å². The smallest absolute Gasteiger partial charge is 0.270 e. The Bertz CT molecular complexity index is 737. The third-order valence-electron chi connectivity index (χ3n) is 3.26. The SMILES string of the molecule is Cc1ccc2c(c1)CC(=O)c1cc([N+](=O)[O-])ccc1O2. The number of hydrogen-bond acceptors (Lipinski definition) is 4. The van der Waals surface area contributed by atoms with E-state index in [2.05, 4.69) is 0 Å². The van der Waals surface area contributed by atoms with Crippen molar-refractivity contribution in [2.45, 2.75) is 13.3 Å². The lowest BCUT2D eigenvalue weighted by molar-refractivity contribution is -0.384. The molecule has 0 fully saturated rings. The van der Waals surface area contributed by atoms with Gasteiger partial charge in [-0.15, -0.1) is 0 Å². The van der Waals surface area contributed by atoms with Gasteiger partial charge in [-0.1, -0.05) is 17.7 Å². The number of nitrogens with zero attached hydrogens (tertiary/aromatic N) is 1. The number of ether oxygens (including phenoxy) is 1. The maximum atomic E-state index is 12.3. The van der Waals surface area contributed by atoms with Crippen LogP contribution in [0.4, 0.5) is 5.69 Å². The van der Waals surface area contributed by atoms with Gasteiger partial charge < -0.3 is 4.74 Å². The molecule has 1 heterocycles. The Morgan fingerprint density at radius 1 is 1.15 bits per heavy atom. The molecule has 1 aliphatic rings. The number of rotatable bonds is 1. The van der Waals surface area contributed by atoms with Gasteiger partial charge in [-0.25, -0.2) is 0 Å². The van der Waals surface area contributed by atoms with Crippen molar-refractivity contribution in [2.24, 2.45) is 0 Å². The summed E-state index contributed by atoms with van der Waals surface area (Å²) < 4.78 is 5.72. The predicted octanol–water partition coefficient (Wildman–Crippen LogP) is 3.43. The molecule has 0 N–H and O–H groups in total. The molecule has 0 aliphatic carbocycles. The van der Waals surface area contributed by atoms with Crippen LogP contribution < -0.4 is 4.74 Å². The van der Waals surface area contributed by atoms with Crippen LogP contribution in [0, 0.1) is 17.0 Å². The number of benzene rings is 2. The van der Waals surface area contributed by atoms with E-state index in [4.69, 9.17) is 4.74 Å². The molecule has 1 aliphatic heterocycles. The zero-order chi connectivity index (χ0) is 14.3. The summed E-state index contributed by atoms with van der Waals surface area (Å²) >= 11 is 0. The van der Waals surface area contributed by atoms with Gasteiger partial charge in [0.2, 0.25) is 0 Å². The monoisotopic (exact) mass is 269 g/mol. The van der Waals surface area contributed by atoms with Crippen LogP contribution in [0.5, 0.6) is 11.5 Å². The fraction of sp³-hybridized carbons (Fsp3) is 0.133. The molecule has 0 unspecified atom stereocenters. The molecule has 20 heavy (non-hydrogen) atoms. The van der Waals surface area contributed by atoms with Gasteiger partial charge in [-0.2, -0.15) is 0 Å². The zero-order valence-corrected chi connectivity index (χ0v) is 10.8. The summed E-state index contributed by atoms with van der Waals surface area (Å²) in [4.78, 5) is 22.5. The van der Waals surface area contributed by atoms with Crippen molar-refractivity contribution in [3.8, 4) is 11.5 Å². The molecule has 0 amide bonds. The Labute approximate surface area is 115 Å². The Hall–Kier alpha value is -2.69. The summed E-state index contributed by atoms with van der Waals surface area (Å²) in [7, 11) is 0. The van der Waals surface area contributed by atoms with Crippen molar-refractivity contribution in [2.75, 3.05) is 0 Å². The molecule has 0 bridgehead atoms. The summed E-state index contributed by atoms with van der Waals surface area (Å²) in [6.07, 6.45) is 0.186. The molecule has 0 aromatic heterocycles. The molecular weight excluding hydrogens is 258 g/mol. The van der Waals surface area contributed by atoms with Crippen LogP contribution in [0.1, 0.15) is 21.5 Å². The molecule has 3 rings (SSSR count). The Kier molecular flexibility index (Phi) is 2.75. The number of carbonyl (C=O) groups is 1. The third kappa shape index (κ3) is 2.03. The van der Waals surface area contributed by atoms with Gasteiger partial charge in [0.05, 0.1) is 10.5 Å². The summed E-state index contributed by atoms with van der Waals surface area (Å²) in [6, 6.07) is 9.70. The molecule has 5 nitrogen and oxygen atoms in total. The first kappa shape index (κ1) is 12.3. The first-order valence-electron chi connectivity index (χ1n) is 6.13. The maximum absolute atomic E-state index is 12.3. The molecule has 2 aromatic carbocycles. The second-order valence-electron chi connectivity index (χ2n) is 4.75. The Morgan fingerprint density at radius 3 is 2.65 bits per heavy atom. The van der Waals surface area contributed by atoms with Gasteiger partial charge in [-0.05, 0) is 19.1 Å². The van der Waals surface area contributed by atoms with E-state index >= 15 is 0 Å². The lowest BCUT2D eigenvalue weighted by atomic mass is 10.0. The van der Waals surface area contributed by atoms with Gasteiger partial charge >= 0.3 is 0 Å². The number of ketones is 1. The second-order valence-corrected chi connectivity index (χ2v) is 4.75. The topological polar surface area (TPSA) is 69.4 Å². The summed E-state index contributed by atoms with van der Waals surface area (Å²) in [5.74, 6) is 0.813. The molecule has 2 aromatic rings. The van der Waals surface area contributed by atoms with E-state index in [0.717, 1.165) is 11.1 Å². The highest BCUT2D eigenvalue weighted by molar-refractivity contribution is 6.01. The minimum Gasteiger partial charge on any atom is -0.456 e. The normalized spacial score (nSPS) is 12.9. The Balaban J connectivity index is 2.12. The standard InChI is InChI=1S/C15H11NO4/c1-9-2-4-14-10(6-9)7-13(17)12-8-11(16(18)19)3-5-15(12)20-14/h2-6,8H,7H2,1H3. The van der Waals surface area contributed by atoms with E-state index < -0.39 is 4.92 Å². The molecule has 0 radical (unpaired) electrons. The van der Waals surface area contributed by atoms with Crippen LogP contribution in [-0.4, -0.2) is 10.7 Å². The fourth-order valence-corrected chi connectivity index (χ4v) is 2.27. The average Bonchev–Trinajstić information content (AvgIpc) is 2.54. The van der Waals surface area contributed by atoms with Crippen LogP contribution in [0.25, 0.3) is 0 Å². The van der Waals surface area contributed by atoms with Crippen molar-refractivity contribution in [1.29, 1.82) is 0 Å². The molecule has 0 atom stereocenters. The fourth-order valence-electron chi connectivity index (χ4n) is 2.27. The van der Waals surface area contributed by atoms with Gasteiger partial charge in [-0.3, -0.25) is 14.9 Å². The minimum atomic E-state index is -0.518. The minimum absolute atomic E-state index is 0.108. The van der Waals surface area contributed by atoms with E-state index in [-0.39, 0.29) is 23.5 Å². The number of hydrogen-bond donors (Lipinski definition) is 0. The number of fused-ring (bicyclic) bond motifs is 2. The van der Waals surface area contributed by atoms with E-state index in [1.165, 1.54) is 18.2 Å². The quantitative estimate of drug-likeness (QED) is 0.587. The van der Waals surface area contributed by atoms with E-state index in [1.54, 1.807) is 0 Å². The number of nitro groups is 1. The van der Waals surface area contributed by atoms with Crippen LogP contribution in [0.15, 0.2) is 36.4 Å². The first-order chi connectivity index (χ1) is 9.54. The largest absolute Gasteiger partial charge is 0.456 e. The van der Waals surface area contributed by atoms with E-state index in [9.17, 15) is 14.9 Å². The number of carbonyl (C=O) groups excluding carboxylic acids is 1. The zero-order valence-electron chi connectivity index (χ0n) is 10.8. The third-order valence-corrected chi connectivity index (χ3v) is 3.26. The predicted molar refractivity (Wildman–Crippen MR) is 72.4 cm³/mol. The van der Waals surface area contributed by atoms with Crippen LogP contribution in [-0.2, 0) is 6.42 Å². The lowest BCUT2D eigenvalue weighted by Crippen LogP contribution is -2.02. The molecular formula is C15H11NO4. The maximum Gasteiger partial charge on any atom is 0.270 e. The van der Waals surface area contributed by atoms with Crippen LogP contribution >= 0.6 is 0 Å². The first-order valence-corrected chi connectivity index (χ1v) is 6.13. The van der Waals surface area contributed by atoms with Gasteiger partial charge in [0.15, 0.2) is 5.78 Å². The number of non-ortho nitro benzene ring substituents is 1. The molecule has 5 heteroatoms. The number of Topliss-reactive ketones (excluding diaryl/α,β-unsaturated/α-hetero) is 1. The molecule has 0 saturated heterocycles. The Morgan fingerprint density at radius 2 is 1.90 bits per heavy atom. The number of aryl methyl sites for hydroxylation is 1. The summed E-state index contributed by atoms with van der Waals surface area (Å²) in [5, 5.41) is 10.8. The van der Waals surface area contributed by atoms with Crippen molar-refractivity contribution in [3.05, 3.63) is 63.2 Å². The van der Waals surface area contributed by atoms with Gasteiger partial charge in [0.25, 0.3) is 5.69 Å². The highest BCUT2D eigenvalue weighted by atomic mass is 16.6. The van der Waals surface area contributed by atoms with Gasteiger partial charge in [0, 0.05) is 24.1 Å². The summed E-state index contributed by atoms with van der Waals surface area (Å²) in [5.41, 5.74) is 1.99. The number of nitro benzene ring substituents is 1. The molecule has 0 spiro atoms. The second kappa shape index (κ2) is 4.45. The highest BCUT2D eigenvalue weighted by Gasteiger charge is 2.23. The van der Waals surface area contributed by atoms with Crippen molar-refractivity contribution < 1.29 is 14.5 Å². The van der Waals surface area contributed by atoms with E-state index in [0.29, 0.717) is 11.5 Å². The van der Waals surface area contributed by atoms with Crippen LogP contribution in [0.2, 0.25) is 0 Å². The molecule has 100 valence electrons. The highest BCUT2D eigenvalue weighted by Crippen LogP contribution is 2.35.